The maximum atomic E-state index is 13.0. The van der Waals surface area contributed by atoms with Gasteiger partial charge in [0.1, 0.15) is 24.7 Å². The van der Waals surface area contributed by atoms with Gasteiger partial charge < -0.3 is 9.47 Å². The highest BCUT2D eigenvalue weighted by atomic mass is 35.5. The molecule has 0 fully saturated rings. The third-order valence-corrected chi connectivity index (χ3v) is 6.69. The molecule has 160 valence electrons. The number of carbonyl (C=O) groups is 1. The van der Waals surface area contributed by atoms with Crippen molar-refractivity contribution < 1.29 is 14.3 Å². The molecule has 0 aliphatic carbocycles. The lowest BCUT2D eigenvalue weighted by Crippen LogP contribution is -2.04. The van der Waals surface area contributed by atoms with Crippen LogP contribution in [-0.2, 0) is 13.2 Å². The minimum atomic E-state index is -0.0576. The summed E-state index contributed by atoms with van der Waals surface area (Å²) in [6.45, 7) is 2.76. The van der Waals surface area contributed by atoms with Crippen LogP contribution in [0.1, 0.15) is 34.1 Å². The van der Waals surface area contributed by atoms with E-state index >= 15 is 0 Å². The number of hydrogen-bond acceptors (Lipinski definition) is 5. The van der Waals surface area contributed by atoms with Crippen molar-refractivity contribution in [3.05, 3.63) is 94.1 Å². The van der Waals surface area contributed by atoms with E-state index in [1.807, 2.05) is 48.5 Å². The number of nitrogens with zero attached hydrogens (tertiary/aromatic N) is 1. The molecule has 0 atom stereocenters. The number of rotatable bonds is 5. The molecule has 0 radical (unpaired) electrons. The molecule has 2 heterocycles. The Morgan fingerprint density at radius 3 is 2.81 bits per heavy atom. The lowest BCUT2D eigenvalue weighted by Gasteiger charge is -2.11. The fourth-order valence-electron chi connectivity index (χ4n) is 3.74. The summed E-state index contributed by atoms with van der Waals surface area (Å²) in [5, 5.41) is 1.75. The first-order chi connectivity index (χ1) is 15.6. The van der Waals surface area contributed by atoms with Gasteiger partial charge in [0, 0.05) is 21.4 Å². The molecule has 0 N–H and O–H groups in total. The van der Waals surface area contributed by atoms with Gasteiger partial charge in [-0.05, 0) is 42.2 Å². The molecule has 4 aromatic rings. The van der Waals surface area contributed by atoms with Crippen LogP contribution in [0.3, 0.4) is 0 Å². The largest absolute Gasteiger partial charge is 0.488 e. The lowest BCUT2D eigenvalue weighted by atomic mass is 9.99. The van der Waals surface area contributed by atoms with E-state index in [1.54, 1.807) is 23.9 Å². The molecule has 5 rings (SSSR count). The fourth-order valence-corrected chi connectivity index (χ4v) is 4.78. The SMILES string of the molecule is CCSc1cc2ccc(COc3ccc4c(c3)C(=O)c3ccccc3CO4)nc2cc1Cl. The summed E-state index contributed by atoms with van der Waals surface area (Å²) in [6.07, 6.45) is 0. The Bertz CT molecular complexity index is 1340. The Labute approximate surface area is 195 Å². The van der Waals surface area contributed by atoms with Gasteiger partial charge in [-0.25, -0.2) is 4.98 Å². The third-order valence-electron chi connectivity index (χ3n) is 5.33. The molecule has 6 heteroatoms. The Morgan fingerprint density at radius 1 is 1.06 bits per heavy atom. The highest BCUT2D eigenvalue weighted by Gasteiger charge is 2.22. The maximum Gasteiger partial charge on any atom is 0.197 e. The summed E-state index contributed by atoms with van der Waals surface area (Å²) in [5.41, 5.74) is 3.67. The van der Waals surface area contributed by atoms with Crippen LogP contribution in [0.2, 0.25) is 5.02 Å². The molecule has 3 aromatic carbocycles. The van der Waals surface area contributed by atoms with Crippen molar-refractivity contribution in [2.45, 2.75) is 25.0 Å². The van der Waals surface area contributed by atoms with Crippen LogP contribution in [-0.4, -0.2) is 16.5 Å². The highest BCUT2D eigenvalue weighted by molar-refractivity contribution is 7.99. The van der Waals surface area contributed by atoms with Gasteiger partial charge in [-0.1, -0.05) is 48.9 Å². The van der Waals surface area contributed by atoms with Crippen molar-refractivity contribution in [3.63, 3.8) is 0 Å². The van der Waals surface area contributed by atoms with Crippen LogP contribution in [0.25, 0.3) is 10.9 Å². The van der Waals surface area contributed by atoms with Gasteiger partial charge in [-0.3, -0.25) is 4.79 Å². The molecule has 0 spiro atoms. The van der Waals surface area contributed by atoms with Gasteiger partial charge in [-0.2, -0.15) is 0 Å². The first kappa shape index (κ1) is 20.9. The standard InChI is InChI=1S/C26H20ClNO3S/c1-2-32-25-11-16-7-8-18(28-23(16)13-22(25)27)15-30-19-9-10-24-21(12-19)26(29)20-6-4-3-5-17(20)14-31-24/h3-13H,2,14-15H2,1H3. The predicted molar refractivity (Wildman–Crippen MR) is 128 cm³/mol. The summed E-state index contributed by atoms with van der Waals surface area (Å²) in [6, 6.07) is 20.8. The van der Waals surface area contributed by atoms with Crippen LogP contribution < -0.4 is 9.47 Å². The normalized spacial score (nSPS) is 12.6. The maximum absolute atomic E-state index is 13.0. The minimum absolute atomic E-state index is 0.0576. The number of thioether (sulfide) groups is 1. The first-order valence-corrected chi connectivity index (χ1v) is 11.7. The van der Waals surface area contributed by atoms with Crippen molar-refractivity contribution in [2.24, 2.45) is 0 Å². The van der Waals surface area contributed by atoms with Crippen molar-refractivity contribution >= 4 is 40.0 Å². The molecule has 0 unspecified atom stereocenters. The van der Waals surface area contributed by atoms with Crippen LogP contribution in [0.4, 0.5) is 0 Å². The molecular weight excluding hydrogens is 442 g/mol. The fraction of sp³-hybridized carbons (Fsp3) is 0.154. The molecule has 0 amide bonds. The quantitative estimate of drug-likeness (QED) is 0.309. The molecule has 32 heavy (non-hydrogen) atoms. The second-order valence-corrected chi connectivity index (χ2v) is 9.15. The number of carbonyl (C=O) groups excluding carboxylic acids is 1. The molecule has 1 aliphatic rings. The number of ketones is 1. The van der Waals surface area contributed by atoms with Crippen LogP contribution in [0.15, 0.2) is 71.6 Å². The molecular formula is C26H20ClNO3S. The Balaban J connectivity index is 1.37. The number of aromatic nitrogens is 1. The molecule has 1 aliphatic heterocycles. The van der Waals surface area contributed by atoms with Gasteiger partial charge >= 0.3 is 0 Å². The summed E-state index contributed by atoms with van der Waals surface area (Å²) in [7, 11) is 0. The van der Waals surface area contributed by atoms with Crippen LogP contribution >= 0.6 is 23.4 Å². The monoisotopic (exact) mass is 461 g/mol. The average Bonchev–Trinajstić information content (AvgIpc) is 2.95. The van der Waals surface area contributed by atoms with Crippen molar-refractivity contribution in [2.75, 3.05) is 5.75 Å². The number of halogens is 1. The van der Waals surface area contributed by atoms with Crippen molar-refractivity contribution in [1.82, 2.24) is 4.98 Å². The zero-order valence-corrected chi connectivity index (χ0v) is 19.0. The Hall–Kier alpha value is -3.02. The van der Waals surface area contributed by atoms with E-state index in [0.717, 1.165) is 32.8 Å². The summed E-state index contributed by atoms with van der Waals surface area (Å²) in [5.74, 6) is 2.06. The topological polar surface area (TPSA) is 48.4 Å². The molecule has 1 aromatic heterocycles. The van der Waals surface area contributed by atoms with E-state index in [4.69, 9.17) is 21.1 Å². The van der Waals surface area contributed by atoms with Gasteiger partial charge in [0.2, 0.25) is 0 Å². The first-order valence-electron chi connectivity index (χ1n) is 10.4. The van der Waals surface area contributed by atoms with E-state index < -0.39 is 0 Å². The predicted octanol–water partition coefficient (Wildman–Crippen LogP) is 6.70. The zero-order valence-electron chi connectivity index (χ0n) is 17.4. The average molecular weight is 462 g/mol. The number of ether oxygens (including phenoxy) is 2. The van der Waals surface area contributed by atoms with Crippen LogP contribution in [0, 0.1) is 0 Å². The second kappa shape index (κ2) is 8.85. The van der Waals surface area contributed by atoms with E-state index in [9.17, 15) is 4.79 Å². The summed E-state index contributed by atoms with van der Waals surface area (Å²) < 4.78 is 11.8. The van der Waals surface area contributed by atoms with Gasteiger partial charge in [0.15, 0.2) is 5.78 Å². The minimum Gasteiger partial charge on any atom is -0.488 e. The van der Waals surface area contributed by atoms with Crippen molar-refractivity contribution in [3.8, 4) is 11.5 Å². The van der Waals surface area contributed by atoms with Crippen molar-refractivity contribution in [1.29, 1.82) is 0 Å². The number of pyridine rings is 1. The smallest absolute Gasteiger partial charge is 0.197 e. The Morgan fingerprint density at radius 2 is 1.94 bits per heavy atom. The van der Waals surface area contributed by atoms with Gasteiger partial charge in [0.05, 0.1) is 21.8 Å². The summed E-state index contributed by atoms with van der Waals surface area (Å²) in [4.78, 5) is 18.8. The van der Waals surface area contributed by atoms with E-state index in [-0.39, 0.29) is 12.4 Å². The summed E-state index contributed by atoms with van der Waals surface area (Å²) >= 11 is 8.12. The van der Waals surface area contributed by atoms with E-state index in [1.165, 1.54) is 0 Å². The number of hydrogen-bond donors (Lipinski definition) is 0. The third kappa shape index (κ3) is 4.06. The number of fused-ring (bicyclic) bond motifs is 3. The zero-order chi connectivity index (χ0) is 22.1. The van der Waals surface area contributed by atoms with E-state index in [0.29, 0.717) is 34.3 Å². The van der Waals surface area contributed by atoms with Gasteiger partial charge in [0.25, 0.3) is 0 Å². The lowest BCUT2D eigenvalue weighted by molar-refractivity contribution is 0.103. The van der Waals surface area contributed by atoms with Gasteiger partial charge in [-0.15, -0.1) is 11.8 Å². The highest BCUT2D eigenvalue weighted by Crippen LogP contribution is 2.33. The molecule has 0 saturated heterocycles. The van der Waals surface area contributed by atoms with E-state index in [2.05, 4.69) is 18.0 Å². The molecule has 4 nitrogen and oxygen atoms in total. The second-order valence-electron chi connectivity index (χ2n) is 7.43. The molecule has 0 saturated carbocycles. The number of benzene rings is 3. The molecule has 0 bridgehead atoms. The van der Waals surface area contributed by atoms with Crippen LogP contribution in [0.5, 0.6) is 11.5 Å². The Kier molecular flexibility index (Phi) is 5.77.